The van der Waals surface area contributed by atoms with E-state index >= 15 is 0 Å². The summed E-state index contributed by atoms with van der Waals surface area (Å²) in [5, 5.41) is 9.47. The Morgan fingerprint density at radius 1 is 1.07 bits per heavy atom. The molecule has 0 saturated heterocycles. The van der Waals surface area contributed by atoms with Crippen LogP contribution in [-0.4, -0.2) is 31.4 Å². The molecule has 0 saturated carbocycles. The number of alkyl halides is 3. The van der Waals surface area contributed by atoms with Crippen LogP contribution >= 0.6 is 23.2 Å². The molecule has 0 bridgehead atoms. The number of nitrogens with zero attached hydrogens (tertiary/aromatic N) is 1. The van der Waals surface area contributed by atoms with Gasteiger partial charge in [0.1, 0.15) is 16.8 Å². The summed E-state index contributed by atoms with van der Waals surface area (Å²) in [6.45, 7) is 0. The Morgan fingerprint density at radius 2 is 1.67 bits per heavy atom. The molecule has 1 unspecified atom stereocenters. The Balaban J connectivity index is 2.63. The van der Waals surface area contributed by atoms with E-state index in [2.05, 4.69) is 4.98 Å². The zero-order chi connectivity index (χ0) is 20.4. The van der Waals surface area contributed by atoms with Crippen molar-refractivity contribution in [3.8, 4) is 0 Å². The summed E-state index contributed by atoms with van der Waals surface area (Å²) in [6.07, 6.45) is -5.65. The van der Waals surface area contributed by atoms with Crippen molar-refractivity contribution in [2.75, 3.05) is 21.3 Å². The van der Waals surface area contributed by atoms with Crippen LogP contribution in [0.5, 0.6) is 0 Å². The highest BCUT2D eigenvalue weighted by molar-refractivity contribution is 6.33. The molecule has 0 fully saturated rings. The molecule has 0 aliphatic carbocycles. The highest BCUT2D eigenvalue weighted by atomic mass is 35.5. The van der Waals surface area contributed by atoms with E-state index in [4.69, 9.17) is 37.4 Å². The highest BCUT2D eigenvalue weighted by Crippen LogP contribution is 2.43. The summed E-state index contributed by atoms with van der Waals surface area (Å²) in [7, 11) is 3.99. The van der Waals surface area contributed by atoms with Crippen molar-refractivity contribution in [2.24, 2.45) is 0 Å². The monoisotopic (exact) mass is 425 g/mol. The number of methoxy groups -OCH3 is 3. The number of ether oxygens (including phenoxy) is 3. The van der Waals surface area contributed by atoms with Gasteiger partial charge in [0.15, 0.2) is 0 Å². The number of pyridine rings is 1. The number of aliphatic hydroxyl groups excluding tert-OH is 1. The zero-order valence-corrected chi connectivity index (χ0v) is 16.0. The van der Waals surface area contributed by atoms with Crippen molar-refractivity contribution in [3.63, 3.8) is 0 Å². The normalized spacial score (nSPS) is 13.7. The van der Waals surface area contributed by atoms with Crippen LogP contribution in [0.2, 0.25) is 10.2 Å². The number of benzene rings is 1. The molecule has 1 heterocycles. The van der Waals surface area contributed by atoms with E-state index in [9.17, 15) is 18.3 Å². The number of halogens is 5. The molecule has 1 aromatic carbocycles. The van der Waals surface area contributed by atoms with Crippen LogP contribution in [0.25, 0.3) is 0 Å². The molecule has 0 aliphatic heterocycles. The fourth-order valence-corrected chi connectivity index (χ4v) is 3.19. The molecule has 2 aromatic rings. The number of aliphatic hydroxyl groups is 1. The Morgan fingerprint density at radius 3 is 2.19 bits per heavy atom. The summed E-state index contributed by atoms with van der Waals surface area (Å²) < 4.78 is 56.0. The van der Waals surface area contributed by atoms with Gasteiger partial charge in [0.05, 0.1) is 5.02 Å². The van der Waals surface area contributed by atoms with E-state index in [1.54, 1.807) is 6.07 Å². The molecule has 10 heteroatoms. The Labute approximate surface area is 163 Å². The molecule has 2 rings (SSSR count). The average molecular weight is 426 g/mol. The Kier molecular flexibility index (Phi) is 6.72. The van der Waals surface area contributed by atoms with E-state index in [1.165, 1.54) is 39.5 Å². The van der Waals surface area contributed by atoms with E-state index in [1.807, 2.05) is 0 Å². The number of hydrogen-bond donors (Lipinski definition) is 1. The van der Waals surface area contributed by atoms with Crippen molar-refractivity contribution < 1.29 is 32.5 Å². The molecule has 0 radical (unpaired) electrons. The fourth-order valence-electron chi connectivity index (χ4n) is 2.68. The van der Waals surface area contributed by atoms with E-state index < -0.39 is 34.5 Å². The SMILES string of the molecule is COC(OC)(OC)c1cccc(C(O)c2c(Cl)cnc(Cl)c2C(F)(F)F)c1. The van der Waals surface area contributed by atoms with Gasteiger partial charge in [-0.1, -0.05) is 41.4 Å². The van der Waals surface area contributed by atoms with Crippen molar-refractivity contribution in [2.45, 2.75) is 18.3 Å². The van der Waals surface area contributed by atoms with E-state index in [0.717, 1.165) is 6.20 Å². The summed E-state index contributed by atoms with van der Waals surface area (Å²) in [4.78, 5) is 3.42. The lowest BCUT2D eigenvalue weighted by molar-refractivity contribution is -0.364. The molecular weight excluding hydrogens is 410 g/mol. The van der Waals surface area contributed by atoms with Gasteiger partial charge in [-0.3, -0.25) is 0 Å². The second-order valence-electron chi connectivity index (χ2n) is 5.38. The maximum absolute atomic E-state index is 13.4. The molecule has 5 nitrogen and oxygen atoms in total. The van der Waals surface area contributed by atoms with Crippen LogP contribution in [0.15, 0.2) is 30.5 Å². The van der Waals surface area contributed by atoms with Crippen molar-refractivity contribution in [3.05, 3.63) is 62.9 Å². The molecule has 1 atom stereocenters. The number of aromatic nitrogens is 1. The molecule has 1 N–H and O–H groups in total. The minimum absolute atomic E-state index is 0.0951. The largest absolute Gasteiger partial charge is 0.419 e. The van der Waals surface area contributed by atoms with E-state index in [0.29, 0.717) is 5.56 Å². The summed E-state index contributed by atoms with van der Waals surface area (Å²) in [6, 6.07) is 5.87. The Bertz CT molecular complexity index is 805. The van der Waals surface area contributed by atoms with Crippen LogP contribution in [-0.2, 0) is 26.4 Å². The van der Waals surface area contributed by atoms with Gasteiger partial charge in [0, 0.05) is 38.7 Å². The van der Waals surface area contributed by atoms with Gasteiger partial charge in [-0.2, -0.15) is 13.2 Å². The summed E-state index contributed by atoms with van der Waals surface area (Å²) >= 11 is 11.5. The first-order valence-corrected chi connectivity index (χ1v) is 8.22. The van der Waals surface area contributed by atoms with Crippen LogP contribution in [0.4, 0.5) is 13.2 Å². The second-order valence-corrected chi connectivity index (χ2v) is 6.15. The van der Waals surface area contributed by atoms with Crippen molar-refractivity contribution >= 4 is 23.2 Å². The van der Waals surface area contributed by atoms with Gasteiger partial charge in [-0.25, -0.2) is 4.98 Å². The minimum atomic E-state index is -4.86. The lowest BCUT2D eigenvalue weighted by atomic mass is 9.96. The second kappa shape index (κ2) is 8.30. The predicted molar refractivity (Wildman–Crippen MR) is 92.5 cm³/mol. The number of rotatable bonds is 6. The number of hydrogen-bond acceptors (Lipinski definition) is 5. The van der Waals surface area contributed by atoms with Crippen LogP contribution < -0.4 is 0 Å². The third kappa shape index (κ3) is 4.21. The molecular formula is C17H16Cl2F3NO4. The van der Waals surface area contributed by atoms with Gasteiger partial charge in [0.2, 0.25) is 0 Å². The lowest BCUT2D eigenvalue weighted by Crippen LogP contribution is -2.33. The van der Waals surface area contributed by atoms with Crippen molar-refractivity contribution in [1.29, 1.82) is 0 Å². The summed E-state index contributed by atoms with van der Waals surface area (Å²) in [5.74, 6) is -1.59. The van der Waals surface area contributed by atoms with E-state index in [-0.39, 0.29) is 10.6 Å². The first-order valence-electron chi connectivity index (χ1n) is 7.46. The van der Waals surface area contributed by atoms with Crippen LogP contribution in [0.1, 0.15) is 28.4 Å². The smallest absolute Gasteiger partial charge is 0.384 e. The molecule has 1 aromatic heterocycles. The van der Waals surface area contributed by atoms with Crippen LogP contribution in [0.3, 0.4) is 0 Å². The molecule has 0 aliphatic rings. The van der Waals surface area contributed by atoms with Crippen molar-refractivity contribution in [1.82, 2.24) is 4.98 Å². The van der Waals surface area contributed by atoms with Gasteiger partial charge < -0.3 is 19.3 Å². The molecule has 148 valence electrons. The van der Waals surface area contributed by atoms with Gasteiger partial charge in [-0.05, 0) is 11.6 Å². The first-order chi connectivity index (χ1) is 12.6. The third-order valence-electron chi connectivity index (χ3n) is 3.94. The summed E-state index contributed by atoms with van der Waals surface area (Å²) in [5.41, 5.74) is -1.49. The minimum Gasteiger partial charge on any atom is -0.384 e. The first kappa shape index (κ1) is 21.9. The molecule has 27 heavy (non-hydrogen) atoms. The maximum Gasteiger partial charge on any atom is 0.419 e. The van der Waals surface area contributed by atoms with Gasteiger partial charge >= 0.3 is 12.1 Å². The Hall–Kier alpha value is -1.42. The third-order valence-corrected chi connectivity index (χ3v) is 4.53. The predicted octanol–water partition coefficient (Wildman–Crippen LogP) is 4.54. The zero-order valence-electron chi connectivity index (χ0n) is 14.5. The molecule has 0 spiro atoms. The lowest BCUT2D eigenvalue weighted by Gasteiger charge is -2.29. The quantitative estimate of drug-likeness (QED) is 0.543. The van der Waals surface area contributed by atoms with Crippen LogP contribution in [0, 0.1) is 0 Å². The van der Waals surface area contributed by atoms with Gasteiger partial charge in [0.25, 0.3) is 0 Å². The standard InChI is InChI=1S/C17H16Cl2F3NO4/c1-25-17(26-2,27-3)10-6-4-5-9(7-10)14(24)12-11(18)8-23-15(19)13(12)16(20,21)22/h4-8,14,24H,1-3H3. The molecule has 0 amide bonds. The topological polar surface area (TPSA) is 60.8 Å². The maximum atomic E-state index is 13.4. The highest BCUT2D eigenvalue weighted by Gasteiger charge is 2.40. The average Bonchev–Trinajstić information content (AvgIpc) is 2.64. The fraction of sp³-hybridized carbons (Fsp3) is 0.353. The van der Waals surface area contributed by atoms with Gasteiger partial charge in [-0.15, -0.1) is 0 Å².